The van der Waals surface area contributed by atoms with E-state index >= 15 is 0 Å². The summed E-state index contributed by atoms with van der Waals surface area (Å²) < 4.78 is 70.0. The van der Waals surface area contributed by atoms with Gasteiger partial charge in [0.15, 0.2) is 17.5 Å². The predicted octanol–water partition coefficient (Wildman–Crippen LogP) is 1.78. The number of fused-ring (bicyclic) bond motifs is 1. The second-order valence-corrected chi connectivity index (χ2v) is 8.82. The van der Waals surface area contributed by atoms with E-state index in [1.165, 1.54) is 15.4 Å². The highest BCUT2D eigenvalue weighted by Gasteiger charge is 2.34. The van der Waals surface area contributed by atoms with Gasteiger partial charge in [-0.15, -0.1) is 0 Å². The molecule has 1 atom stereocenters. The maximum atomic E-state index is 13.4. The highest BCUT2D eigenvalue weighted by atomic mass is 32.2. The van der Waals surface area contributed by atoms with Gasteiger partial charge in [-0.05, 0) is 13.3 Å². The molecule has 2 amide bonds. The van der Waals surface area contributed by atoms with Crippen molar-refractivity contribution in [3.8, 4) is 0 Å². The first-order valence-corrected chi connectivity index (χ1v) is 10.7. The third kappa shape index (κ3) is 3.58. The van der Waals surface area contributed by atoms with Gasteiger partial charge in [-0.2, -0.15) is 18.2 Å². The van der Waals surface area contributed by atoms with Gasteiger partial charge in [0.05, 0.1) is 36.7 Å². The molecule has 1 saturated heterocycles. The smallest absolute Gasteiger partial charge is 0.314 e. The number of hydrogen-bond donors (Lipinski definition) is 2. The van der Waals surface area contributed by atoms with Gasteiger partial charge in [-0.25, -0.2) is 18.0 Å². The van der Waals surface area contributed by atoms with Crippen LogP contribution in [0.4, 0.5) is 29.3 Å². The van der Waals surface area contributed by atoms with Crippen molar-refractivity contribution in [1.82, 2.24) is 19.4 Å². The van der Waals surface area contributed by atoms with Crippen molar-refractivity contribution in [2.24, 2.45) is 0 Å². The summed E-state index contributed by atoms with van der Waals surface area (Å²) >= 11 is 0. The van der Waals surface area contributed by atoms with Crippen LogP contribution < -0.4 is 14.3 Å². The summed E-state index contributed by atoms with van der Waals surface area (Å²) in [6, 6.07) is 0.376. The highest BCUT2D eigenvalue weighted by molar-refractivity contribution is 7.90. The molecule has 0 radical (unpaired) electrons. The molecule has 3 heterocycles. The van der Waals surface area contributed by atoms with Gasteiger partial charge < -0.3 is 10.2 Å². The molecule has 2 aliphatic rings. The van der Waals surface area contributed by atoms with Gasteiger partial charge >= 0.3 is 16.2 Å². The standard InChI is InChI=1S/C17H19F3N6O3S/c1-10-8-25-15(14(7-21-25)26-4-2-3-22-30(26,28)29)9-24(10)17(27)23-11-5-12(18)16(20)13(19)6-11/h5-7,10,22H,2-4,8-9H2,1H3,(H,23,27)/t10-/m0/s1. The molecule has 2 N–H and O–H groups in total. The van der Waals surface area contributed by atoms with E-state index in [-0.39, 0.29) is 24.8 Å². The van der Waals surface area contributed by atoms with Crippen molar-refractivity contribution < 1.29 is 26.4 Å². The number of rotatable bonds is 2. The van der Waals surface area contributed by atoms with E-state index in [9.17, 15) is 26.4 Å². The summed E-state index contributed by atoms with van der Waals surface area (Å²) in [6.07, 6.45) is 2.06. The SMILES string of the molecule is C[C@H]1Cn2ncc(N3CCCNS3(=O)=O)c2CN1C(=O)Nc1cc(F)c(F)c(F)c1. The molecule has 30 heavy (non-hydrogen) atoms. The highest BCUT2D eigenvalue weighted by Crippen LogP contribution is 2.30. The minimum absolute atomic E-state index is 0.0283. The molecule has 0 unspecified atom stereocenters. The Hall–Kier alpha value is -2.80. The fourth-order valence-corrected chi connectivity index (χ4v) is 4.90. The Morgan fingerprint density at radius 3 is 2.63 bits per heavy atom. The Balaban J connectivity index is 1.58. The Bertz CT molecular complexity index is 1080. The molecule has 1 aromatic heterocycles. The topological polar surface area (TPSA) is 99.6 Å². The summed E-state index contributed by atoms with van der Waals surface area (Å²) in [6.45, 7) is 2.72. The van der Waals surface area contributed by atoms with Gasteiger partial charge in [-0.1, -0.05) is 0 Å². The van der Waals surface area contributed by atoms with Crippen molar-refractivity contribution in [2.45, 2.75) is 32.5 Å². The Morgan fingerprint density at radius 2 is 1.97 bits per heavy atom. The molecule has 0 saturated carbocycles. The van der Waals surface area contributed by atoms with E-state index in [1.54, 1.807) is 11.6 Å². The summed E-state index contributed by atoms with van der Waals surface area (Å²) in [5, 5.41) is 6.60. The van der Waals surface area contributed by atoms with E-state index in [1.807, 2.05) is 0 Å². The van der Waals surface area contributed by atoms with Crippen LogP contribution in [0.15, 0.2) is 18.3 Å². The van der Waals surface area contributed by atoms with Gasteiger partial charge in [0.25, 0.3) is 0 Å². The van der Waals surface area contributed by atoms with Gasteiger partial charge in [0.1, 0.15) is 0 Å². The lowest BCUT2D eigenvalue weighted by Gasteiger charge is -2.36. The third-order valence-electron chi connectivity index (χ3n) is 5.09. The summed E-state index contributed by atoms with van der Waals surface area (Å²) in [5.74, 6) is -4.45. The molecule has 1 fully saturated rings. The number of carbonyl (C=O) groups excluding carboxylic acids is 1. The summed E-state index contributed by atoms with van der Waals surface area (Å²) in [7, 11) is -3.70. The largest absolute Gasteiger partial charge is 0.322 e. The van der Waals surface area contributed by atoms with Crippen molar-refractivity contribution in [1.29, 1.82) is 0 Å². The number of benzene rings is 1. The third-order valence-corrected chi connectivity index (χ3v) is 6.62. The number of hydrogen-bond acceptors (Lipinski definition) is 4. The monoisotopic (exact) mass is 444 g/mol. The maximum absolute atomic E-state index is 13.4. The van der Waals surface area contributed by atoms with Crippen molar-refractivity contribution in [3.63, 3.8) is 0 Å². The van der Waals surface area contributed by atoms with Gasteiger partial charge in [-0.3, -0.25) is 8.99 Å². The number of carbonyl (C=O) groups is 1. The van der Waals surface area contributed by atoms with Crippen molar-refractivity contribution in [2.75, 3.05) is 22.7 Å². The molecule has 13 heteroatoms. The number of nitrogens with zero attached hydrogens (tertiary/aromatic N) is 4. The molecule has 1 aromatic carbocycles. The second-order valence-electron chi connectivity index (χ2n) is 7.14. The number of amides is 2. The average Bonchev–Trinajstić information content (AvgIpc) is 3.07. The zero-order valence-electron chi connectivity index (χ0n) is 15.9. The van der Waals surface area contributed by atoms with E-state index < -0.39 is 33.7 Å². The molecule has 4 rings (SSSR count). The van der Waals surface area contributed by atoms with Crippen LogP contribution in [0, 0.1) is 17.5 Å². The van der Waals surface area contributed by atoms with Crippen LogP contribution >= 0.6 is 0 Å². The molecule has 0 bridgehead atoms. The first kappa shape index (κ1) is 20.5. The summed E-state index contributed by atoms with van der Waals surface area (Å²) in [5.41, 5.74) is 0.656. The predicted molar refractivity (Wildman–Crippen MR) is 101 cm³/mol. The minimum atomic E-state index is -3.70. The van der Waals surface area contributed by atoms with Gasteiger partial charge in [0, 0.05) is 30.9 Å². The van der Waals surface area contributed by atoms with Crippen LogP contribution in [0.2, 0.25) is 0 Å². The molecule has 162 valence electrons. The zero-order valence-corrected chi connectivity index (χ0v) is 16.7. The lowest BCUT2D eigenvalue weighted by Crippen LogP contribution is -2.49. The van der Waals surface area contributed by atoms with E-state index in [4.69, 9.17) is 0 Å². The Morgan fingerprint density at radius 1 is 1.27 bits per heavy atom. The lowest BCUT2D eigenvalue weighted by atomic mass is 10.2. The first-order valence-electron chi connectivity index (χ1n) is 9.21. The van der Waals surface area contributed by atoms with Crippen LogP contribution in [0.1, 0.15) is 19.0 Å². The number of halogens is 3. The van der Waals surface area contributed by atoms with E-state index in [0.29, 0.717) is 43.0 Å². The van der Waals surface area contributed by atoms with Crippen LogP contribution in [-0.2, 0) is 23.3 Å². The van der Waals surface area contributed by atoms with Gasteiger partial charge in [0.2, 0.25) is 0 Å². The molecule has 2 aliphatic heterocycles. The molecular weight excluding hydrogens is 425 g/mol. The first-order chi connectivity index (χ1) is 14.2. The van der Waals surface area contributed by atoms with Crippen LogP contribution in [0.5, 0.6) is 0 Å². The molecular formula is C17H19F3N6O3S. The van der Waals surface area contributed by atoms with Crippen LogP contribution in [0.25, 0.3) is 0 Å². The molecule has 9 nitrogen and oxygen atoms in total. The summed E-state index contributed by atoms with van der Waals surface area (Å²) in [4.78, 5) is 14.1. The fraction of sp³-hybridized carbons (Fsp3) is 0.412. The normalized spacial score (nSPS) is 20.7. The Labute approximate surface area is 170 Å². The Kier molecular flexibility index (Phi) is 5.10. The average molecular weight is 444 g/mol. The van der Waals surface area contributed by atoms with E-state index in [0.717, 1.165) is 0 Å². The number of aromatic nitrogens is 2. The van der Waals surface area contributed by atoms with Crippen molar-refractivity contribution in [3.05, 3.63) is 41.5 Å². The fourth-order valence-electron chi connectivity index (χ4n) is 3.56. The number of anilines is 2. The zero-order chi connectivity index (χ0) is 21.6. The van der Waals surface area contributed by atoms with Crippen LogP contribution in [0.3, 0.4) is 0 Å². The molecule has 2 aromatic rings. The van der Waals surface area contributed by atoms with Crippen molar-refractivity contribution >= 4 is 27.6 Å². The second kappa shape index (κ2) is 7.47. The molecule has 0 spiro atoms. The van der Waals surface area contributed by atoms with Crippen LogP contribution in [-0.4, -0.2) is 48.3 Å². The minimum Gasteiger partial charge on any atom is -0.314 e. The molecule has 0 aliphatic carbocycles. The number of nitrogens with one attached hydrogen (secondary N) is 2. The number of urea groups is 1. The lowest BCUT2D eigenvalue weighted by molar-refractivity contribution is 0.161. The maximum Gasteiger partial charge on any atom is 0.322 e. The quantitative estimate of drug-likeness (QED) is 0.690. The van der Waals surface area contributed by atoms with E-state index in [2.05, 4.69) is 15.1 Å².